The normalized spacial score (nSPS) is 10.6. The Kier molecular flexibility index (Phi) is 4.29. The van der Waals surface area contributed by atoms with Crippen LogP contribution in [0.2, 0.25) is 0 Å². The molecule has 2 amide bonds. The van der Waals surface area contributed by atoms with Gasteiger partial charge in [0.1, 0.15) is 5.52 Å². The number of aryl methyl sites for hydroxylation is 1. The SMILES string of the molecule is CC(=O)Nc1ccc(NC(=O)Cc2ccc3nc(C)oc3c2)cc1. The minimum Gasteiger partial charge on any atom is -0.441 e. The van der Waals surface area contributed by atoms with Crippen LogP contribution in [0.1, 0.15) is 18.4 Å². The van der Waals surface area contributed by atoms with Crippen LogP contribution in [0.15, 0.2) is 46.9 Å². The molecule has 0 bridgehead atoms. The summed E-state index contributed by atoms with van der Waals surface area (Å²) in [5.41, 5.74) is 3.67. The van der Waals surface area contributed by atoms with Gasteiger partial charge in [-0.1, -0.05) is 6.07 Å². The molecule has 0 saturated carbocycles. The fourth-order valence-electron chi connectivity index (χ4n) is 2.42. The molecule has 0 radical (unpaired) electrons. The maximum absolute atomic E-state index is 12.2. The predicted octanol–water partition coefficient (Wildman–Crippen LogP) is 3.28. The third-order valence-electron chi connectivity index (χ3n) is 3.41. The average molecular weight is 323 g/mol. The number of amides is 2. The first-order valence-corrected chi connectivity index (χ1v) is 7.53. The van der Waals surface area contributed by atoms with Crippen LogP contribution in [-0.4, -0.2) is 16.8 Å². The van der Waals surface area contributed by atoms with Gasteiger partial charge < -0.3 is 15.1 Å². The van der Waals surface area contributed by atoms with Crippen LogP contribution >= 0.6 is 0 Å². The molecule has 3 aromatic rings. The summed E-state index contributed by atoms with van der Waals surface area (Å²) in [6, 6.07) is 12.5. The van der Waals surface area contributed by atoms with Crippen LogP contribution in [0.4, 0.5) is 11.4 Å². The van der Waals surface area contributed by atoms with Gasteiger partial charge in [-0.2, -0.15) is 0 Å². The molecule has 2 aromatic carbocycles. The van der Waals surface area contributed by atoms with Crippen molar-refractivity contribution >= 4 is 34.3 Å². The first kappa shape index (κ1) is 15.7. The van der Waals surface area contributed by atoms with Gasteiger partial charge in [-0.15, -0.1) is 0 Å². The van der Waals surface area contributed by atoms with Crippen molar-refractivity contribution in [2.24, 2.45) is 0 Å². The molecule has 1 heterocycles. The smallest absolute Gasteiger partial charge is 0.228 e. The van der Waals surface area contributed by atoms with Gasteiger partial charge in [-0.05, 0) is 42.0 Å². The number of nitrogens with one attached hydrogen (secondary N) is 2. The van der Waals surface area contributed by atoms with E-state index in [0.29, 0.717) is 22.8 Å². The van der Waals surface area contributed by atoms with Crippen LogP contribution in [0.5, 0.6) is 0 Å². The van der Waals surface area contributed by atoms with Gasteiger partial charge in [0.15, 0.2) is 11.5 Å². The van der Waals surface area contributed by atoms with Gasteiger partial charge in [0.05, 0.1) is 6.42 Å². The van der Waals surface area contributed by atoms with Crippen molar-refractivity contribution in [3.8, 4) is 0 Å². The second-order valence-electron chi connectivity index (χ2n) is 5.52. The van der Waals surface area contributed by atoms with Gasteiger partial charge >= 0.3 is 0 Å². The lowest BCUT2D eigenvalue weighted by Gasteiger charge is -2.07. The van der Waals surface area contributed by atoms with Crippen LogP contribution in [-0.2, 0) is 16.0 Å². The van der Waals surface area contributed by atoms with Gasteiger partial charge in [0.2, 0.25) is 11.8 Å². The van der Waals surface area contributed by atoms with E-state index in [4.69, 9.17) is 4.42 Å². The summed E-state index contributed by atoms with van der Waals surface area (Å²) in [6.07, 6.45) is 0.239. The molecular formula is C18H17N3O3. The van der Waals surface area contributed by atoms with Crippen molar-refractivity contribution in [3.05, 3.63) is 53.9 Å². The molecule has 0 fully saturated rings. The van der Waals surface area contributed by atoms with Crippen molar-refractivity contribution in [2.45, 2.75) is 20.3 Å². The Morgan fingerprint density at radius 1 is 1.04 bits per heavy atom. The van der Waals surface area contributed by atoms with Crippen molar-refractivity contribution < 1.29 is 14.0 Å². The molecule has 0 aliphatic heterocycles. The van der Waals surface area contributed by atoms with E-state index in [1.54, 1.807) is 31.2 Å². The Hall–Kier alpha value is -3.15. The molecule has 0 aliphatic carbocycles. The van der Waals surface area contributed by atoms with Gasteiger partial charge in [-0.25, -0.2) is 4.98 Å². The summed E-state index contributed by atoms with van der Waals surface area (Å²) < 4.78 is 5.48. The van der Waals surface area contributed by atoms with Crippen LogP contribution in [0.25, 0.3) is 11.1 Å². The summed E-state index contributed by atoms with van der Waals surface area (Å²) in [7, 11) is 0. The van der Waals surface area contributed by atoms with E-state index in [9.17, 15) is 9.59 Å². The summed E-state index contributed by atoms with van der Waals surface area (Å²) >= 11 is 0. The van der Waals surface area contributed by atoms with Gasteiger partial charge in [-0.3, -0.25) is 9.59 Å². The Labute approximate surface area is 138 Å². The molecule has 0 aliphatic rings. The molecule has 1 aromatic heterocycles. The van der Waals surface area contributed by atoms with Crippen LogP contribution in [0.3, 0.4) is 0 Å². The number of hydrogen-bond acceptors (Lipinski definition) is 4. The Morgan fingerprint density at radius 3 is 2.38 bits per heavy atom. The zero-order chi connectivity index (χ0) is 17.1. The number of aromatic nitrogens is 1. The first-order valence-electron chi connectivity index (χ1n) is 7.53. The van der Waals surface area contributed by atoms with Crippen molar-refractivity contribution in [3.63, 3.8) is 0 Å². The van der Waals surface area contributed by atoms with E-state index in [1.807, 2.05) is 18.2 Å². The fourth-order valence-corrected chi connectivity index (χ4v) is 2.42. The maximum Gasteiger partial charge on any atom is 0.228 e. The molecular weight excluding hydrogens is 306 g/mol. The van der Waals surface area contributed by atoms with E-state index in [0.717, 1.165) is 11.1 Å². The molecule has 122 valence electrons. The molecule has 0 spiro atoms. The van der Waals surface area contributed by atoms with E-state index >= 15 is 0 Å². The number of anilines is 2. The molecule has 0 atom stereocenters. The number of benzene rings is 2. The summed E-state index contributed by atoms with van der Waals surface area (Å²) in [5.74, 6) is 0.341. The fraction of sp³-hybridized carbons (Fsp3) is 0.167. The predicted molar refractivity (Wildman–Crippen MR) is 91.8 cm³/mol. The van der Waals surface area contributed by atoms with Crippen molar-refractivity contribution in [1.82, 2.24) is 4.98 Å². The Morgan fingerprint density at radius 2 is 1.71 bits per heavy atom. The lowest BCUT2D eigenvalue weighted by atomic mass is 10.1. The standard InChI is InChI=1S/C18H17N3O3/c1-11(22)19-14-4-6-15(7-5-14)21-18(23)10-13-3-8-16-17(9-13)24-12(2)20-16/h3-9H,10H2,1-2H3,(H,19,22)(H,21,23). The number of carbonyl (C=O) groups excluding carboxylic acids is 2. The molecule has 2 N–H and O–H groups in total. The zero-order valence-electron chi connectivity index (χ0n) is 13.4. The first-order chi connectivity index (χ1) is 11.5. The Balaban J connectivity index is 1.64. The van der Waals surface area contributed by atoms with Crippen LogP contribution < -0.4 is 10.6 Å². The molecule has 3 rings (SSSR count). The molecule has 0 unspecified atom stereocenters. The summed E-state index contributed by atoms with van der Waals surface area (Å²) in [5, 5.41) is 5.50. The number of hydrogen-bond donors (Lipinski definition) is 2. The maximum atomic E-state index is 12.2. The number of carbonyl (C=O) groups is 2. The minimum absolute atomic E-state index is 0.127. The van der Waals surface area contributed by atoms with Gasteiger partial charge in [0, 0.05) is 25.2 Å². The third kappa shape index (κ3) is 3.78. The second-order valence-corrected chi connectivity index (χ2v) is 5.52. The highest BCUT2D eigenvalue weighted by atomic mass is 16.3. The quantitative estimate of drug-likeness (QED) is 0.772. The summed E-state index contributed by atoms with van der Waals surface area (Å²) in [4.78, 5) is 27.4. The lowest BCUT2D eigenvalue weighted by molar-refractivity contribution is -0.116. The highest BCUT2D eigenvalue weighted by Crippen LogP contribution is 2.18. The number of rotatable bonds is 4. The summed E-state index contributed by atoms with van der Waals surface area (Å²) in [6.45, 7) is 3.24. The molecule has 6 nitrogen and oxygen atoms in total. The van der Waals surface area contributed by atoms with Crippen molar-refractivity contribution in [2.75, 3.05) is 10.6 Å². The van der Waals surface area contributed by atoms with E-state index in [1.165, 1.54) is 6.92 Å². The Bertz CT molecular complexity index is 898. The lowest BCUT2D eigenvalue weighted by Crippen LogP contribution is -2.14. The highest BCUT2D eigenvalue weighted by molar-refractivity contribution is 5.93. The molecule has 24 heavy (non-hydrogen) atoms. The van der Waals surface area contributed by atoms with E-state index < -0.39 is 0 Å². The van der Waals surface area contributed by atoms with E-state index in [-0.39, 0.29) is 18.2 Å². The van der Waals surface area contributed by atoms with Gasteiger partial charge in [0.25, 0.3) is 0 Å². The van der Waals surface area contributed by atoms with Crippen LogP contribution in [0, 0.1) is 6.92 Å². The third-order valence-corrected chi connectivity index (χ3v) is 3.41. The molecule has 6 heteroatoms. The highest BCUT2D eigenvalue weighted by Gasteiger charge is 2.08. The number of fused-ring (bicyclic) bond motifs is 1. The minimum atomic E-state index is -0.134. The number of nitrogens with zero attached hydrogens (tertiary/aromatic N) is 1. The monoisotopic (exact) mass is 323 g/mol. The topological polar surface area (TPSA) is 84.2 Å². The average Bonchev–Trinajstić information content (AvgIpc) is 2.88. The zero-order valence-corrected chi connectivity index (χ0v) is 13.4. The van der Waals surface area contributed by atoms with Crippen molar-refractivity contribution in [1.29, 1.82) is 0 Å². The number of oxazole rings is 1. The largest absolute Gasteiger partial charge is 0.441 e. The second kappa shape index (κ2) is 6.54. The van der Waals surface area contributed by atoms with E-state index in [2.05, 4.69) is 15.6 Å². The molecule has 0 saturated heterocycles.